The van der Waals surface area contributed by atoms with Crippen LogP contribution >= 0.6 is 0 Å². The van der Waals surface area contributed by atoms with Gasteiger partial charge < -0.3 is 15.6 Å². The Morgan fingerprint density at radius 3 is 2.64 bits per heavy atom. The molecule has 0 saturated carbocycles. The van der Waals surface area contributed by atoms with Gasteiger partial charge in [-0.2, -0.15) is 13.2 Å². The highest BCUT2D eigenvalue weighted by molar-refractivity contribution is 5.61. The van der Waals surface area contributed by atoms with Crippen LogP contribution in [0.3, 0.4) is 0 Å². The maximum atomic E-state index is 15.2. The minimum absolute atomic E-state index is 0.0573. The van der Waals surface area contributed by atoms with Gasteiger partial charge in [0.15, 0.2) is 0 Å². The molecule has 33 heavy (non-hydrogen) atoms. The summed E-state index contributed by atoms with van der Waals surface area (Å²) in [5.41, 5.74) is 5.69. The third kappa shape index (κ3) is 4.49. The predicted octanol–water partition coefficient (Wildman–Crippen LogP) is 5.06. The molecule has 0 radical (unpaired) electrons. The second-order valence-electron chi connectivity index (χ2n) is 8.37. The van der Waals surface area contributed by atoms with E-state index in [2.05, 4.69) is 19.9 Å². The van der Waals surface area contributed by atoms with E-state index >= 15 is 4.39 Å². The number of alkyl halides is 4. The van der Waals surface area contributed by atoms with Gasteiger partial charge in [-0.1, -0.05) is 13.8 Å². The lowest BCUT2D eigenvalue weighted by Crippen LogP contribution is -2.42. The molecule has 2 aromatic heterocycles. The number of H-pyrrole nitrogens is 1. The molecule has 0 bridgehead atoms. The lowest BCUT2D eigenvalue weighted by Gasteiger charge is -2.36. The molecule has 11 heteroatoms. The molecule has 4 rings (SSSR count). The summed E-state index contributed by atoms with van der Waals surface area (Å²) in [6, 6.07) is 2.67. The number of nitrogens with one attached hydrogen (secondary N) is 1. The highest BCUT2D eigenvalue weighted by atomic mass is 19.4. The van der Waals surface area contributed by atoms with Crippen LogP contribution in [0.5, 0.6) is 0 Å². The lowest BCUT2D eigenvalue weighted by molar-refractivity contribution is -0.139. The molecule has 1 aliphatic rings. The Kier molecular flexibility index (Phi) is 5.98. The topological polar surface area (TPSA) is 83.7 Å². The molecule has 6 nitrogen and oxygen atoms in total. The number of hydrogen-bond donors (Lipinski definition) is 2. The minimum atomic E-state index is -4.82. The standard InChI is InChI=1S/C22H23F5N6/c1-11(2)18-19(28)30-10-31-21(18)33-6-5-13(16(24)9-33)20-29-8-17(32-20)12-3-4-15(23)14(7-12)22(25,26)27/h3-4,7-8,10-11,13,16H,5-6,9H2,1-2H3,(H,29,32)(H2,28,30,31). The molecule has 2 unspecified atom stereocenters. The zero-order valence-electron chi connectivity index (χ0n) is 18.0. The molecular weight excluding hydrogens is 443 g/mol. The highest BCUT2D eigenvalue weighted by Gasteiger charge is 2.36. The summed E-state index contributed by atoms with van der Waals surface area (Å²) in [5.74, 6) is -0.572. The average molecular weight is 466 g/mol. The maximum Gasteiger partial charge on any atom is 0.419 e. The van der Waals surface area contributed by atoms with Crippen molar-refractivity contribution in [1.29, 1.82) is 0 Å². The monoisotopic (exact) mass is 466 g/mol. The van der Waals surface area contributed by atoms with Crippen LogP contribution in [-0.2, 0) is 6.18 Å². The Morgan fingerprint density at radius 2 is 1.97 bits per heavy atom. The van der Waals surface area contributed by atoms with Gasteiger partial charge in [0.25, 0.3) is 0 Å². The second kappa shape index (κ2) is 8.60. The van der Waals surface area contributed by atoms with Crippen LogP contribution in [0, 0.1) is 5.82 Å². The fourth-order valence-electron chi connectivity index (χ4n) is 4.19. The Morgan fingerprint density at radius 1 is 1.21 bits per heavy atom. The van der Waals surface area contributed by atoms with E-state index in [1.165, 1.54) is 18.6 Å². The van der Waals surface area contributed by atoms with Gasteiger partial charge in [-0.15, -0.1) is 0 Å². The Hall–Kier alpha value is -3.24. The summed E-state index contributed by atoms with van der Waals surface area (Å²) in [6.45, 7) is 4.47. The fraction of sp³-hybridized carbons (Fsp3) is 0.409. The van der Waals surface area contributed by atoms with Crippen LogP contribution in [0.2, 0.25) is 0 Å². The first-order valence-corrected chi connectivity index (χ1v) is 10.5. The molecule has 3 heterocycles. The number of rotatable bonds is 4. The zero-order valence-corrected chi connectivity index (χ0v) is 18.0. The van der Waals surface area contributed by atoms with Gasteiger partial charge in [0.2, 0.25) is 0 Å². The normalized spacial score (nSPS) is 19.3. The van der Waals surface area contributed by atoms with Gasteiger partial charge in [0.1, 0.15) is 35.8 Å². The SMILES string of the molecule is CC(C)c1c(N)ncnc1N1CCC(c2nc(-c3ccc(F)c(C(F)(F)F)c3)c[nH]2)C(F)C1. The first-order chi connectivity index (χ1) is 15.6. The van der Waals surface area contributed by atoms with Crippen molar-refractivity contribution in [3.63, 3.8) is 0 Å². The molecule has 1 aliphatic heterocycles. The highest BCUT2D eigenvalue weighted by Crippen LogP contribution is 2.37. The molecular formula is C22H23F5N6. The average Bonchev–Trinajstić information content (AvgIpc) is 3.22. The van der Waals surface area contributed by atoms with E-state index in [1.807, 2.05) is 18.7 Å². The number of aromatic amines is 1. The van der Waals surface area contributed by atoms with Crippen molar-refractivity contribution in [3.05, 3.63) is 53.5 Å². The summed E-state index contributed by atoms with van der Waals surface area (Å²) >= 11 is 0. The van der Waals surface area contributed by atoms with E-state index < -0.39 is 29.6 Å². The number of benzene rings is 1. The van der Waals surface area contributed by atoms with Crippen molar-refractivity contribution < 1.29 is 22.0 Å². The maximum absolute atomic E-state index is 15.2. The van der Waals surface area contributed by atoms with Crippen LogP contribution in [0.15, 0.2) is 30.7 Å². The predicted molar refractivity (Wildman–Crippen MR) is 114 cm³/mol. The van der Waals surface area contributed by atoms with E-state index in [9.17, 15) is 17.6 Å². The summed E-state index contributed by atoms with van der Waals surface area (Å²) < 4.78 is 67.9. The van der Waals surface area contributed by atoms with Crippen LogP contribution in [0.1, 0.15) is 49.1 Å². The van der Waals surface area contributed by atoms with E-state index in [-0.39, 0.29) is 23.7 Å². The fourth-order valence-corrected chi connectivity index (χ4v) is 4.19. The molecule has 0 amide bonds. The molecule has 1 fully saturated rings. The summed E-state index contributed by atoms with van der Waals surface area (Å²) in [6.07, 6.45) is -2.95. The smallest absolute Gasteiger partial charge is 0.383 e. The van der Waals surface area contributed by atoms with Crippen molar-refractivity contribution in [1.82, 2.24) is 19.9 Å². The van der Waals surface area contributed by atoms with E-state index in [0.29, 0.717) is 36.5 Å². The Bertz CT molecular complexity index is 1140. The third-order valence-electron chi connectivity index (χ3n) is 5.83. The number of piperidine rings is 1. The number of nitrogens with two attached hydrogens (primary N) is 1. The van der Waals surface area contributed by atoms with Crippen LogP contribution in [0.25, 0.3) is 11.3 Å². The molecule has 3 aromatic rings. The van der Waals surface area contributed by atoms with Gasteiger partial charge in [-0.05, 0) is 30.5 Å². The van der Waals surface area contributed by atoms with Crippen LogP contribution in [-0.4, -0.2) is 39.2 Å². The van der Waals surface area contributed by atoms with Gasteiger partial charge in [0.05, 0.1) is 23.7 Å². The summed E-state index contributed by atoms with van der Waals surface area (Å²) in [5, 5.41) is 0. The largest absolute Gasteiger partial charge is 0.419 e. The van der Waals surface area contributed by atoms with E-state index in [0.717, 1.165) is 11.6 Å². The zero-order chi connectivity index (χ0) is 23.9. The number of anilines is 2. The molecule has 1 aromatic carbocycles. The molecule has 176 valence electrons. The number of aromatic nitrogens is 4. The van der Waals surface area contributed by atoms with Gasteiger partial charge in [0, 0.05) is 23.9 Å². The van der Waals surface area contributed by atoms with E-state index in [4.69, 9.17) is 5.73 Å². The van der Waals surface area contributed by atoms with Crippen molar-refractivity contribution in [3.8, 4) is 11.3 Å². The Labute approximate surface area is 187 Å². The minimum Gasteiger partial charge on any atom is -0.383 e. The second-order valence-corrected chi connectivity index (χ2v) is 8.37. The van der Waals surface area contributed by atoms with Gasteiger partial charge >= 0.3 is 6.18 Å². The number of imidazole rings is 1. The quantitative estimate of drug-likeness (QED) is 0.525. The summed E-state index contributed by atoms with van der Waals surface area (Å²) in [7, 11) is 0. The van der Waals surface area contributed by atoms with E-state index in [1.54, 1.807) is 0 Å². The molecule has 3 N–H and O–H groups in total. The number of nitrogen functional groups attached to an aromatic ring is 1. The Balaban J connectivity index is 1.54. The molecule has 0 aliphatic carbocycles. The van der Waals surface area contributed by atoms with Crippen molar-refractivity contribution >= 4 is 11.6 Å². The first kappa shape index (κ1) is 22.9. The van der Waals surface area contributed by atoms with Crippen LogP contribution in [0.4, 0.5) is 33.6 Å². The molecule has 2 atom stereocenters. The van der Waals surface area contributed by atoms with Crippen molar-refractivity contribution in [2.24, 2.45) is 0 Å². The van der Waals surface area contributed by atoms with Gasteiger partial charge in [-0.3, -0.25) is 0 Å². The number of nitrogens with zero attached hydrogens (tertiary/aromatic N) is 4. The third-order valence-corrected chi connectivity index (χ3v) is 5.83. The molecule has 1 saturated heterocycles. The van der Waals surface area contributed by atoms with Crippen LogP contribution < -0.4 is 10.6 Å². The molecule has 0 spiro atoms. The van der Waals surface area contributed by atoms with Crippen molar-refractivity contribution in [2.45, 2.75) is 44.5 Å². The van der Waals surface area contributed by atoms with Crippen molar-refractivity contribution in [2.75, 3.05) is 23.7 Å². The van der Waals surface area contributed by atoms with Gasteiger partial charge in [-0.25, -0.2) is 23.7 Å². The summed E-state index contributed by atoms with van der Waals surface area (Å²) in [4.78, 5) is 17.4. The lowest BCUT2D eigenvalue weighted by atomic mass is 9.93. The first-order valence-electron chi connectivity index (χ1n) is 10.5. The number of hydrogen-bond acceptors (Lipinski definition) is 5. The number of halogens is 5.